The van der Waals surface area contributed by atoms with Gasteiger partial charge in [-0.15, -0.1) is 0 Å². The monoisotopic (exact) mass is 432 g/mol. The molecule has 0 aromatic carbocycles. The Labute approximate surface area is 198 Å². The van der Waals surface area contributed by atoms with Gasteiger partial charge in [-0.3, -0.25) is 0 Å². The van der Waals surface area contributed by atoms with Crippen LogP contribution in [0.15, 0.2) is 24.3 Å². The minimum atomic E-state index is 1.26. The third-order valence-electron chi connectivity index (χ3n) is 6.58. The van der Waals surface area contributed by atoms with Crippen molar-refractivity contribution in [2.75, 3.05) is 0 Å². The first-order valence-electron chi connectivity index (χ1n) is 14.7. The maximum Gasteiger partial charge on any atom is -0.0348 e. The molecule has 0 spiro atoms. The van der Waals surface area contributed by atoms with Crippen molar-refractivity contribution in [3.63, 3.8) is 0 Å². The van der Waals surface area contributed by atoms with Gasteiger partial charge >= 0.3 is 0 Å². The quantitative estimate of drug-likeness (QED) is 0.0941. The smallest absolute Gasteiger partial charge is 0.0348 e. The van der Waals surface area contributed by atoms with E-state index in [1.165, 1.54) is 161 Å². The van der Waals surface area contributed by atoms with Gasteiger partial charge in [-0.2, -0.15) is 0 Å². The van der Waals surface area contributed by atoms with Gasteiger partial charge in [-0.1, -0.05) is 173 Å². The highest BCUT2D eigenvalue weighted by molar-refractivity contribution is 5.02. The fourth-order valence-corrected chi connectivity index (χ4v) is 4.38. The van der Waals surface area contributed by atoms with Crippen LogP contribution in [0.25, 0.3) is 0 Å². The summed E-state index contributed by atoms with van der Waals surface area (Å²) in [5, 5.41) is 0. The lowest BCUT2D eigenvalue weighted by molar-refractivity contribution is 0.545. The van der Waals surface area contributed by atoms with Gasteiger partial charge in [-0.25, -0.2) is 0 Å². The molecule has 184 valence electrons. The molecule has 0 atom stereocenters. The van der Waals surface area contributed by atoms with Crippen LogP contribution in [0.4, 0.5) is 0 Å². The van der Waals surface area contributed by atoms with E-state index in [4.69, 9.17) is 0 Å². The lowest BCUT2D eigenvalue weighted by atomic mass is 10.0. The summed E-state index contributed by atoms with van der Waals surface area (Å²) in [7, 11) is 0. The number of rotatable bonds is 26. The molecule has 0 unspecified atom stereocenters. The van der Waals surface area contributed by atoms with E-state index in [1.807, 2.05) is 0 Å². The standard InChI is InChI=1S/C31H60/c1-3-5-7-9-11-13-15-17-19-21-23-25-27-29-31-30-28-26-24-22-20-18-16-14-12-10-8-6-4-2/h27,29-31H,3-26,28H2,1-2H3. The Morgan fingerprint density at radius 1 is 0.290 bits per heavy atom. The molecule has 0 bridgehead atoms. The summed E-state index contributed by atoms with van der Waals surface area (Å²) in [6.07, 6.45) is 44.9. The Hall–Kier alpha value is -0.520. The molecule has 0 N–H and O–H groups in total. The number of hydrogen-bond acceptors (Lipinski definition) is 0. The van der Waals surface area contributed by atoms with Crippen molar-refractivity contribution in [1.29, 1.82) is 0 Å². The Morgan fingerprint density at radius 3 is 0.774 bits per heavy atom. The van der Waals surface area contributed by atoms with E-state index in [0.717, 1.165) is 0 Å². The van der Waals surface area contributed by atoms with Gasteiger partial charge in [0, 0.05) is 0 Å². The highest BCUT2D eigenvalue weighted by atomic mass is 14.0. The van der Waals surface area contributed by atoms with Gasteiger partial charge in [-0.05, 0) is 25.7 Å². The summed E-state index contributed by atoms with van der Waals surface area (Å²) in [4.78, 5) is 0. The van der Waals surface area contributed by atoms with E-state index >= 15 is 0 Å². The predicted molar refractivity (Wildman–Crippen MR) is 145 cm³/mol. The lowest BCUT2D eigenvalue weighted by Crippen LogP contribution is -1.82. The number of unbranched alkanes of at least 4 members (excludes halogenated alkanes) is 23. The molecular formula is C31H60. The van der Waals surface area contributed by atoms with E-state index in [2.05, 4.69) is 38.2 Å². The Kier molecular flexibility index (Phi) is 29.0. The summed E-state index contributed by atoms with van der Waals surface area (Å²) in [5.74, 6) is 0. The zero-order valence-electron chi connectivity index (χ0n) is 22.0. The van der Waals surface area contributed by atoms with Gasteiger partial charge in [0.1, 0.15) is 0 Å². The Morgan fingerprint density at radius 2 is 0.516 bits per heavy atom. The molecule has 0 radical (unpaired) electrons. The lowest BCUT2D eigenvalue weighted by Gasteiger charge is -2.02. The molecule has 0 saturated carbocycles. The third-order valence-corrected chi connectivity index (χ3v) is 6.58. The third kappa shape index (κ3) is 29.5. The van der Waals surface area contributed by atoms with Crippen molar-refractivity contribution >= 4 is 0 Å². The molecule has 0 rings (SSSR count). The van der Waals surface area contributed by atoms with Gasteiger partial charge < -0.3 is 0 Å². The van der Waals surface area contributed by atoms with Crippen LogP contribution in [0.1, 0.15) is 174 Å². The van der Waals surface area contributed by atoms with Gasteiger partial charge in [0.25, 0.3) is 0 Å². The second kappa shape index (κ2) is 29.5. The molecule has 31 heavy (non-hydrogen) atoms. The maximum atomic E-state index is 2.37. The van der Waals surface area contributed by atoms with Gasteiger partial charge in [0.2, 0.25) is 0 Å². The molecule has 0 fully saturated rings. The molecule has 0 aromatic heterocycles. The van der Waals surface area contributed by atoms with Crippen molar-refractivity contribution in [1.82, 2.24) is 0 Å². The topological polar surface area (TPSA) is 0 Å². The second-order valence-corrected chi connectivity index (χ2v) is 9.86. The molecule has 0 aliphatic rings. The van der Waals surface area contributed by atoms with Crippen molar-refractivity contribution < 1.29 is 0 Å². The van der Waals surface area contributed by atoms with Gasteiger partial charge in [0.15, 0.2) is 0 Å². The molecule has 0 aliphatic heterocycles. The van der Waals surface area contributed by atoms with Crippen LogP contribution < -0.4 is 0 Å². The summed E-state index contributed by atoms with van der Waals surface area (Å²) in [5.41, 5.74) is 0. The highest BCUT2D eigenvalue weighted by Gasteiger charge is 1.94. The first-order chi connectivity index (χ1) is 15.4. The van der Waals surface area contributed by atoms with Crippen molar-refractivity contribution in [2.24, 2.45) is 0 Å². The second-order valence-electron chi connectivity index (χ2n) is 9.86. The zero-order valence-corrected chi connectivity index (χ0v) is 22.0. The summed E-state index contributed by atoms with van der Waals surface area (Å²) in [6, 6.07) is 0. The molecule has 0 aromatic rings. The number of hydrogen-bond donors (Lipinski definition) is 0. The first kappa shape index (κ1) is 30.5. The van der Waals surface area contributed by atoms with E-state index in [1.54, 1.807) is 0 Å². The molecule has 0 saturated heterocycles. The van der Waals surface area contributed by atoms with E-state index in [-0.39, 0.29) is 0 Å². The largest absolute Gasteiger partial charge is 0.0845 e. The van der Waals surface area contributed by atoms with Crippen molar-refractivity contribution in [3.05, 3.63) is 24.3 Å². The molecular weight excluding hydrogens is 372 g/mol. The Bertz CT molecular complexity index is 351. The Balaban J connectivity index is 3.14. The SMILES string of the molecule is CCCCCCCCCCCCCC=CC=CCCCCCCCCCCCCCC. The zero-order chi connectivity index (χ0) is 22.5. The van der Waals surface area contributed by atoms with Crippen LogP contribution in [0.2, 0.25) is 0 Å². The van der Waals surface area contributed by atoms with Crippen LogP contribution in [0, 0.1) is 0 Å². The average Bonchev–Trinajstić information content (AvgIpc) is 2.78. The minimum Gasteiger partial charge on any atom is -0.0845 e. The van der Waals surface area contributed by atoms with Crippen molar-refractivity contribution in [3.8, 4) is 0 Å². The number of allylic oxidation sites excluding steroid dienone is 4. The fraction of sp³-hybridized carbons (Fsp3) is 0.871. The minimum absolute atomic E-state index is 1.26. The van der Waals surface area contributed by atoms with E-state index in [9.17, 15) is 0 Å². The predicted octanol–water partition coefficient (Wildman–Crippen LogP) is 11.9. The molecule has 0 amide bonds. The maximum absolute atomic E-state index is 2.37. The molecule has 0 heteroatoms. The molecule has 0 heterocycles. The normalized spacial score (nSPS) is 11.9. The molecule has 0 nitrogen and oxygen atoms in total. The van der Waals surface area contributed by atoms with Crippen LogP contribution >= 0.6 is 0 Å². The summed E-state index contributed by atoms with van der Waals surface area (Å²) < 4.78 is 0. The fourth-order valence-electron chi connectivity index (χ4n) is 4.38. The van der Waals surface area contributed by atoms with Gasteiger partial charge in [0.05, 0.1) is 0 Å². The van der Waals surface area contributed by atoms with Crippen LogP contribution in [0.3, 0.4) is 0 Å². The van der Waals surface area contributed by atoms with E-state index in [0.29, 0.717) is 0 Å². The average molecular weight is 433 g/mol. The van der Waals surface area contributed by atoms with Crippen LogP contribution in [-0.2, 0) is 0 Å². The summed E-state index contributed by atoms with van der Waals surface area (Å²) >= 11 is 0. The summed E-state index contributed by atoms with van der Waals surface area (Å²) in [6.45, 7) is 4.60. The highest BCUT2D eigenvalue weighted by Crippen LogP contribution is 2.13. The van der Waals surface area contributed by atoms with Crippen molar-refractivity contribution in [2.45, 2.75) is 174 Å². The molecule has 0 aliphatic carbocycles. The van der Waals surface area contributed by atoms with Crippen LogP contribution in [-0.4, -0.2) is 0 Å². The van der Waals surface area contributed by atoms with Crippen LogP contribution in [0.5, 0.6) is 0 Å². The van der Waals surface area contributed by atoms with E-state index < -0.39 is 0 Å². The first-order valence-corrected chi connectivity index (χ1v) is 14.7.